The summed E-state index contributed by atoms with van der Waals surface area (Å²) < 4.78 is 41.8. The van der Waals surface area contributed by atoms with Gasteiger partial charge in [0.2, 0.25) is 10.0 Å². The maximum Gasteiger partial charge on any atom is 0.243 e. The van der Waals surface area contributed by atoms with Crippen molar-refractivity contribution in [3.05, 3.63) is 54.4 Å². The third-order valence-electron chi connectivity index (χ3n) is 5.91. The van der Waals surface area contributed by atoms with Crippen LogP contribution in [-0.4, -0.2) is 52.7 Å². The van der Waals surface area contributed by atoms with Gasteiger partial charge in [0, 0.05) is 18.7 Å². The van der Waals surface area contributed by atoms with Crippen molar-refractivity contribution in [1.29, 1.82) is 0 Å². The number of rotatable bonds is 9. The second-order valence-electron chi connectivity index (χ2n) is 8.01. The first kappa shape index (κ1) is 23.2. The van der Waals surface area contributed by atoms with Gasteiger partial charge in [-0.25, -0.2) is 8.42 Å². The van der Waals surface area contributed by atoms with Crippen molar-refractivity contribution in [3.63, 3.8) is 0 Å². The van der Waals surface area contributed by atoms with E-state index < -0.39 is 10.0 Å². The zero-order valence-corrected chi connectivity index (χ0v) is 19.7. The fraction of sp³-hybridized carbons (Fsp3) is 0.435. The van der Waals surface area contributed by atoms with Crippen molar-refractivity contribution in [2.75, 3.05) is 13.7 Å². The van der Waals surface area contributed by atoms with E-state index in [0.29, 0.717) is 24.6 Å². The molecule has 0 atom stereocenters. The molecule has 0 amide bonds. The molecule has 4 rings (SSSR count). The Labute approximate surface area is 194 Å². The lowest BCUT2D eigenvalue weighted by atomic mass is 9.95. The Morgan fingerprint density at radius 3 is 2.48 bits per heavy atom. The van der Waals surface area contributed by atoms with E-state index in [1.165, 1.54) is 18.1 Å². The van der Waals surface area contributed by atoms with E-state index in [1.54, 1.807) is 22.5 Å². The SMILES string of the molecule is CCOc1ccc(CN(C2CCCCC2)S(=O)(=O)c2ccc(-n3cnnn3)c(OC)c2)cc1. The number of nitrogens with zero attached hydrogens (tertiary/aromatic N) is 5. The lowest BCUT2D eigenvalue weighted by molar-refractivity contribution is 0.247. The van der Waals surface area contributed by atoms with E-state index in [-0.39, 0.29) is 10.9 Å². The van der Waals surface area contributed by atoms with Crippen LogP contribution >= 0.6 is 0 Å². The molecule has 0 bridgehead atoms. The van der Waals surface area contributed by atoms with Gasteiger partial charge < -0.3 is 9.47 Å². The van der Waals surface area contributed by atoms with Crippen LogP contribution in [0.5, 0.6) is 11.5 Å². The monoisotopic (exact) mass is 471 g/mol. The van der Waals surface area contributed by atoms with Gasteiger partial charge in [-0.15, -0.1) is 5.10 Å². The minimum absolute atomic E-state index is 0.0412. The molecule has 1 aliphatic carbocycles. The van der Waals surface area contributed by atoms with E-state index >= 15 is 0 Å². The zero-order chi connectivity index (χ0) is 23.3. The molecule has 0 unspecified atom stereocenters. The van der Waals surface area contributed by atoms with E-state index in [4.69, 9.17) is 9.47 Å². The molecular weight excluding hydrogens is 442 g/mol. The van der Waals surface area contributed by atoms with Crippen LogP contribution in [0.1, 0.15) is 44.6 Å². The lowest BCUT2D eigenvalue weighted by Crippen LogP contribution is -2.40. The van der Waals surface area contributed by atoms with Gasteiger partial charge in [0.25, 0.3) is 0 Å². The molecule has 1 heterocycles. The Balaban J connectivity index is 1.68. The molecule has 0 saturated heterocycles. The van der Waals surface area contributed by atoms with Crippen LogP contribution in [0.4, 0.5) is 0 Å². The molecule has 3 aromatic rings. The molecule has 0 radical (unpaired) electrons. The quantitative estimate of drug-likeness (QED) is 0.470. The van der Waals surface area contributed by atoms with Crippen LogP contribution in [0.15, 0.2) is 53.7 Å². The number of aromatic nitrogens is 4. The molecular formula is C23H29N5O4S. The first-order valence-electron chi connectivity index (χ1n) is 11.2. The molecule has 0 spiro atoms. The van der Waals surface area contributed by atoms with Crippen LogP contribution in [-0.2, 0) is 16.6 Å². The van der Waals surface area contributed by atoms with Gasteiger partial charge in [0.1, 0.15) is 23.5 Å². The molecule has 33 heavy (non-hydrogen) atoms. The number of benzene rings is 2. The molecule has 10 heteroatoms. The summed E-state index contributed by atoms with van der Waals surface area (Å²) in [6.07, 6.45) is 6.35. The number of sulfonamides is 1. The average molecular weight is 472 g/mol. The third-order valence-corrected chi connectivity index (χ3v) is 7.80. The van der Waals surface area contributed by atoms with E-state index in [9.17, 15) is 8.42 Å². The zero-order valence-electron chi connectivity index (χ0n) is 18.9. The van der Waals surface area contributed by atoms with Crippen molar-refractivity contribution < 1.29 is 17.9 Å². The van der Waals surface area contributed by atoms with Crippen LogP contribution in [0.25, 0.3) is 5.69 Å². The minimum Gasteiger partial charge on any atom is -0.494 e. The number of hydrogen-bond donors (Lipinski definition) is 0. The van der Waals surface area contributed by atoms with Gasteiger partial charge in [-0.05, 0) is 60.0 Å². The molecule has 0 aliphatic heterocycles. The number of methoxy groups -OCH3 is 1. The number of hydrogen-bond acceptors (Lipinski definition) is 7. The van der Waals surface area contributed by atoms with Crippen molar-refractivity contribution >= 4 is 10.0 Å². The molecule has 1 saturated carbocycles. The van der Waals surface area contributed by atoms with Crippen molar-refractivity contribution in [3.8, 4) is 17.2 Å². The van der Waals surface area contributed by atoms with E-state index in [2.05, 4.69) is 15.5 Å². The van der Waals surface area contributed by atoms with Crippen LogP contribution in [0.3, 0.4) is 0 Å². The summed E-state index contributed by atoms with van der Waals surface area (Å²) in [5, 5.41) is 11.2. The summed E-state index contributed by atoms with van der Waals surface area (Å²) in [6, 6.07) is 12.4. The van der Waals surface area contributed by atoms with Crippen LogP contribution < -0.4 is 9.47 Å². The van der Waals surface area contributed by atoms with Gasteiger partial charge in [-0.2, -0.15) is 8.99 Å². The van der Waals surface area contributed by atoms with Crippen LogP contribution in [0.2, 0.25) is 0 Å². The molecule has 1 fully saturated rings. The predicted molar refractivity (Wildman–Crippen MR) is 123 cm³/mol. The average Bonchev–Trinajstić information content (AvgIpc) is 3.38. The highest BCUT2D eigenvalue weighted by molar-refractivity contribution is 7.89. The Morgan fingerprint density at radius 2 is 1.85 bits per heavy atom. The van der Waals surface area contributed by atoms with Crippen molar-refractivity contribution in [2.24, 2.45) is 0 Å². The van der Waals surface area contributed by atoms with Gasteiger partial charge in [0.05, 0.1) is 18.6 Å². The largest absolute Gasteiger partial charge is 0.494 e. The van der Waals surface area contributed by atoms with Gasteiger partial charge >= 0.3 is 0 Å². The Kier molecular flexibility index (Phi) is 7.24. The van der Waals surface area contributed by atoms with E-state index in [1.807, 2.05) is 31.2 Å². The summed E-state index contributed by atoms with van der Waals surface area (Å²) in [5.74, 6) is 1.16. The number of tetrazole rings is 1. The summed E-state index contributed by atoms with van der Waals surface area (Å²) in [7, 11) is -2.28. The predicted octanol–water partition coefficient (Wildman–Crippen LogP) is 3.59. The van der Waals surface area contributed by atoms with Crippen molar-refractivity contribution in [2.45, 2.75) is 56.5 Å². The molecule has 1 aliphatic rings. The molecule has 1 aromatic heterocycles. The maximum absolute atomic E-state index is 13.9. The third kappa shape index (κ3) is 5.17. The van der Waals surface area contributed by atoms with Gasteiger partial charge in [-0.3, -0.25) is 0 Å². The number of ether oxygens (including phenoxy) is 2. The lowest BCUT2D eigenvalue weighted by Gasteiger charge is -2.33. The first-order chi connectivity index (χ1) is 16.0. The highest BCUT2D eigenvalue weighted by Crippen LogP contribution is 2.32. The standard InChI is InChI=1S/C23H29N5O4S/c1-3-32-20-11-9-18(10-12-20)16-28(19-7-5-4-6-8-19)33(29,30)21-13-14-22(23(15-21)31-2)27-17-24-25-26-27/h9-15,17,19H,3-8,16H2,1-2H3. The van der Waals surface area contributed by atoms with E-state index in [0.717, 1.165) is 43.4 Å². The van der Waals surface area contributed by atoms with Gasteiger partial charge in [0.15, 0.2) is 0 Å². The Morgan fingerprint density at radius 1 is 1.09 bits per heavy atom. The molecule has 0 N–H and O–H groups in total. The normalized spacial score (nSPS) is 15.0. The second-order valence-corrected chi connectivity index (χ2v) is 9.90. The fourth-order valence-corrected chi connectivity index (χ4v) is 5.92. The molecule has 9 nitrogen and oxygen atoms in total. The van der Waals surface area contributed by atoms with Crippen molar-refractivity contribution in [1.82, 2.24) is 24.5 Å². The van der Waals surface area contributed by atoms with Crippen LogP contribution in [0, 0.1) is 0 Å². The maximum atomic E-state index is 13.9. The molecule has 2 aromatic carbocycles. The minimum atomic E-state index is -3.78. The first-order valence-corrected chi connectivity index (χ1v) is 12.6. The highest BCUT2D eigenvalue weighted by atomic mass is 32.2. The smallest absolute Gasteiger partial charge is 0.243 e. The van der Waals surface area contributed by atoms with Gasteiger partial charge in [-0.1, -0.05) is 31.4 Å². The summed E-state index contributed by atoms with van der Waals surface area (Å²) in [6.45, 7) is 2.82. The summed E-state index contributed by atoms with van der Waals surface area (Å²) in [5.41, 5.74) is 1.49. The second kappa shape index (κ2) is 10.3. The summed E-state index contributed by atoms with van der Waals surface area (Å²) in [4.78, 5) is 0.188. The Bertz CT molecular complexity index is 1140. The highest BCUT2D eigenvalue weighted by Gasteiger charge is 2.33. The summed E-state index contributed by atoms with van der Waals surface area (Å²) >= 11 is 0. The Hall–Kier alpha value is -2.98. The topological polar surface area (TPSA) is 99.4 Å². The fourth-order valence-electron chi connectivity index (χ4n) is 4.23. The molecule has 176 valence electrons.